The predicted octanol–water partition coefficient (Wildman–Crippen LogP) is 4.37. The summed E-state index contributed by atoms with van der Waals surface area (Å²) in [6.07, 6.45) is 3.16. The van der Waals surface area contributed by atoms with Gasteiger partial charge in [0.25, 0.3) is 0 Å². The van der Waals surface area contributed by atoms with Crippen molar-refractivity contribution in [2.75, 3.05) is 0 Å². The molecule has 0 aliphatic carbocycles. The van der Waals surface area contributed by atoms with Crippen molar-refractivity contribution in [1.82, 2.24) is 10.2 Å². The summed E-state index contributed by atoms with van der Waals surface area (Å²) in [6.45, 7) is 14.2. The Morgan fingerprint density at radius 1 is 1.21 bits per heavy atom. The molecule has 1 saturated heterocycles. The van der Waals surface area contributed by atoms with Crippen molar-refractivity contribution in [2.45, 2.75) is 84.5 Å². The molecule has 0 bridgehead atoms. The number of hydrogen-bond acceptors (Lipinski definition) is 2. The molecule has 1 N–H and O–H groups in total. The normalized spacial score (nSPS) is 34.1. The maximum atomic E-state index is 11.7. The van der Waals surface area contributed by atoms with Crippen LogP contribution in [-0.2, 0) is 11.3 Å². The number of rotatable bonds is 5. The van der Waals surface area contributed by atoms with Gasteiger partial charge in [0, 0.05) is 30.6 Å². The van der Waals surface area contributed by atoms with Crippen molar-refractivity contribution in [3.8, 4) is 0 Å². The lowest BCUT2D eigenvalue weighted by Gasteiger charge is -2.61. The zero-order valence-electron chi connectivity index (χ0n) is 16.2. The maximum Gasteiger partial charge on any atom is 0.217 e. The molecule has 1 fully saturated rings. The summed E-state index contributed by atoms with van der Waals surface area (Å²) in [7, 11) is 0. The average Bonchev–Trinajstić information content (AvgIpc) is 2.57. The van der Waals surface area contributed by atoms with Gasteiger partial charge in [-0.15, -0.1) is 0 Å². The largest absolute Gasteiger partial charge is 0.353 e. The summed E-state index contributed by atoms with van der Waals surface area (Å²) in [4.78, 5) is 14.4. The Labute approximate surface area is 147 Å². The van der Waals surface area contributed by atoms with Gasteiger partial charge in [-0.05, 0) is 44.6 Å². The molecular weight excluding hydrogens is 296 g/mol. The molecule has 1 aromatic carbocycles. The van der Waals surface area contributed by atoms with Crippen LogP contribution in [0.5, 0.6) is 0 Å². The van der Waals surface area contributed by atoms with Gasteiger partial charge in [0.2, 0.25) is 5.91 Å². The van der Waals surface area contributed by atoms with Gasteiger partial charge >= 0.3 is 0 Å². The molecule has 134 valence electrons. The van der Waals surface area contributed by atoms with Crippen molar-refractivity contribution >= 4 is 5.91 Å². The van der Waals surface area contributed by atoms with Gasteiger partial charge in [-0.25, -0.2) is 0 Å². The third-order valence-electron chi connectivity index (χ3n) is 6.56. The van der Waals surface area contributed by atoms with Crippen molar-refractivity contribution in [2.24, 2.45) is 5.92 Å². The summed E-state index contributed by atoms with van der Waals surface area (Å²) < 4.78 is 0. The SMILES string of the molecule is CCC1(C)CC(NC(C)=O)C(C)C(C)(CC)N1Cc1ccccc1. The molecule has 24 heavy (non-hydrogen) atoms. The summed E-state index contributed by atoms with van der Waals surface area (Å²) in [5.74, 6) is 0.495. The Balaban J connectivity index is 2.40. The van der Waals surface area contributed by atoms with E-state index in [0.29, 0.717) is 5.92 Å². The monoisotopic (exact) mass is 330 g/mol. The highest BCUT2D eigenvalue weighted by Crippen LogP contribution is 2.46. The third kappa shape index (κ3) is 3.51. The number of benzene rings is 1. The number of nitrogens with one attached hydrogen (secondary N) is 1. The molecular formula is C21H34N2O. The van der Waals surface area contributed by atoms with Crippen LogP contribution in [0.25, 0.3) is 0 Å². The fraction of sp³-hybridized carbons (Fsp3) is 0.667. The zero-order chi connectivity index (χ0) is 18.0. The van der Waals surface area contributed by atoms with E-state index in [1.54, 1.807) is 6.92 Å². The summed E-state index contributed by atoms with van der Waals surface area (Å²) in [5.41, 5.74) is 1.51. The molecule has 0 aromatic heterocycles. The van der Waals surface area contributed by atoms with Gasteiger partial charge in [0.15, 0.2) is 0 Å². The molecule has 2 rings (SSSR count). The van der Waals surface area contributed by atoms with Gasteiger partial charge in [-0.2, -0.15) is 0 Å². The second kappa shape index (κ2) is 7.26. The van der Waals surface area contributed by atoms with E-state index in [1.807, 2.05) is 0 Å². The van der Waals surface area contributed by atoms with Gasteiger partial charge in [-0.1, -0.05) is 51.1 Å². The quantitative estimate of drug-likeness (QED) is 0.869. The minimum Gasteiger partial charge on any atom is -0.353 e. The van der Waals surface area contributed by atoms with Crippen LogP contribution in [0, 0.1) is 5.92 Å². The number of likely N-dealkylation sites (tertiary alicyclic amines) is 1. The van der Waals surface area contributed by atoms with Crippen LogP contribution < -0.4 is 5.32 Å². The van der Waals surface area contributed by atoms with Crippen LogP contribution in [0.1, 0.15) is 66.4 Å². The first-order valence-corrected chi connectivity index (χ1v) is 9.35. The Kier molecular flexibility index (Phi) is 5.74. The second-order valence-electron chi connectivity index (χ2n) is 7.93. The highest BCUT2D eigenvalue weighted by molar-refractivity contribution is 5.73. The maximum absolute atomic E-state index is 11.7. The summed E-state index contributed by atoms with van der Waals surface area (Å²) in [5, 5.41) is 3.23. The van der Waals surface area contributed by atoms with Gasteiger partial charge < -0.3 is 5.32 Å². The predicted molar refractivity (Wildman–Crippen MR) is 101 cm³/mol. The second-order valence-corrected chi connectivity index (χ2v) is 7.93. The fourth-order valence-corrected chi connectivity index (χ4v) is 4.48. The standard InChI is InChI=1S/C21H34N2O/c1-7-20(5)14-19(22-17(4)24)16(3)21(6,8-2)23(20)15-18-12-10-9-11-13-18/h9-13,16,19H,7-8,14-15H2,1-6H3,(H,22,24). The lowest BCUT2D eigenvalue weighted by Crippen LogP contribution is -2.69. The molecule has 0 saturated carbocycles. The molecule has 1 heterocycles. The molecule has 4 unspecified atom stereocenters. The van der Waals surface area contributed by atoms with Crippen LogP contribution in [0.2, 0.25) is 0 Å². The smallest absolute Gasteiger partial charge is 0.217 e. The minimum atomic E-state index is 0.0615. The van der Waals surface area contributed by atoms with Crippen molar-refractivity contribution in [1.29, 1.82) is 0 Å². The summed E-state index contributed by atoms with van der Waals surface area (Å²) >= 11 is 0. The highest BCUT2D eigenvalue weighted by atomic mass is 16.1. The molecule has 3 nitrogen and oxygen atoms in total. The average molecular weight is 331 g/mol. The topological polar surface area (TPSA) is 32.3 Å². The molecule has 1 amide bonds. The molecule has 1 aliphatic rings. The van der Waals surface area contributed by atoms with Gasteiger partial charge in [0.05, 0.1) is 0 Å². The van der Waals surface area contributed by atoms with E-state index in [0.717, 1.165) is 25.8 Å². The van der Waals surface area contributed by atoms with Gasteiger partial charge in [0.1, 0.15) is 0 Å². The fourth-order valence-electron chi connectivity index (χ4n) is 4.48. The molecule has 3 heteroatoms. The van der Waals surface area contributed by atoms with E-state index in [4.69, 9.17) is 0 Å². The van der Waals surface area contributed by atoms with Crippen LogP contribution in [0.15, 0.2) is 30.3 Å². The van der Waals surface area contributed by atoms with Crippen LogP contribution >= 0.6 is 0 Å². The van der Waals surface area contributed by atoms with E-state index >= 15 is 0 Å². The molecule has 1 aliphatic heterocycles. The van der Waals surface area contributed by atoms with Crippen molar-refractivity contribution < 1.29 is 4.79 Å². The Morgan fingerprint density at radius 2 is 1.83 bits per heavy atom. The number of carbonyl (C=O) groups is 1. The molecule has 4 atom stereocenters. The molecule has 0 radical (unpaired) electrons. The first kappa shape index (κ1) is 19.0. The van der Waals surface area contributed by atoms with E-state index in [-0.39, 0.29) is 23.0 Å². The highest BCUT2D eigenvalue weighted by Gasteiger charge is 2.52. The molecule has 0 spiro atoms. The summed E-state index contributed by atoms with van der Waals surface area (Å²) in [6, 6.07) is 11.0. The van der Waals surface area contributed by atoms with E-state index in [1.165, 1.54) is 5.56 Å². The Hall–Kier alpha value is -1.35. The Bertz CT molecular complexity index is 558. The number of piperidine rings is 1. The van der Waals surface area contributed by atoms with Crippen LogP contribution in [-0.4, -0.2) is 27.9 Å². The van der Waals surface area contributed by atoms with Crippen molar-refractivity contribution in [3.05, 3.63) is 35.9 Å². The number of carbonyl (C=O) groups excluding carboxylic acids is 1. The van der Waals surface area contributed by atoms with E-state index in [2.05, 4.69) is 75.2 Å². The zero-order valence-corrected chi connectivity index (χ0v) is 16.2. The lowest BCUT2D eigenvalue weighted by molar-refractivity contribution is -0.127. The first-order valence-electron chi connectivity index (χ1n) is 9.35. The third-order valence-corrected chi connectivity index (χ3v) is 6.56. The number of hydrogen-bond donors (Lipinski definition) is 1. The lowest BCUT2D eigenvalue weighted by atomic mass is 9.66. The van der Waals surface area contributed by atoms with Crippen molar-refractivity contribution in [3.63, 3.8) is 0 Å². The van der Waals surface area contributed by atoms with Crippen LogP contribution in [0.4, 0.5) is 0 Å². The minimum absolute atomic E-state index is 0.0615. The first-order chi connectivity index (χ1) is 11.3. The number of nitrogens with zero attached hydrogens (tertiary/aromatic N) is 1. The Morgan fingerprint density at radius 3 is 2.33 bits per heavy atom. The van der Waals surface area contributed by atoms with Gasteiger partial charge in [-0.3, -0.25) is 9.69 Å². The van der Waals surface area contributed by atoms with E-state index < -0.39 is 0 Å². The number of amides is 1. The van der Waals surface area contributed by atoms with E-state index in [9.17, 15) is 4.79 Å². The molecule has 1 aromatic rings. The van der Waals surface area contributed by atoms with Crippen LogP contribution in [0.3, 0.4) is 0 Å².